The number of nitrogens with zero attached hydrogens (tertiary/aromatic N) is 1. The first-order chi connectivity index (χ1) is 8.33. The Morgan fingerprint density at radius 2 is 2.00 bits per heavy atom. The molecule has 1 aliphatic rings. The van der Waals surface area contributed by atoms with E-state index in [1.807, 2.05) is 12.1 Å². The predicted octanol–water partition coefficient (Wildman–Crippen LogP) is 1.76. The quantitative estimate of drug-likeness (QED) is 0.821. The molecular formula is C13H13N3O. The number of carbonyl (C=O) groups excluding carboxylic acids is 1. The number of anilines is 1. The van der Waals surface area contributed by atoms with Gasteiger partial charge in [-0.1, -0.05) is 24.3 Å². The summed E-state index contributed by atoms with van der Waals surface area (Å²) >= 11 is 0. The van der Waals surface area contributed by atoms with Gasteiger partial charge in [-0.05, 0) is 24.0 Å². The van der Waals surface area contributed by atoms with Crippen molar-refractivity contribution < 1.29 is 4.79 Å². The molecule has 2 N–H and O–H groups in total. The number of nitrogens with one attached hydrogen (secondary N) is 2. The van der Waals surface area contributed by atoms with Crippen LogP contribution in [0.1, 0.15) is 11.1 Å². The van der Waals surface area contributed by atoms with E-state index in [-0.39, 0.29) is 11.8 Å². The van der Waals surface area contributed by atoms with E-state index >= 15 is 0 Å². The monoisotopic (exact) mass is 227 g/mol. The smallest absolute Gasteiger partial charge is 0.230 e. The number of aromatic nitrogens is 2. The highest BCUT2D eigenvalue weighted by atomic mass is 16.2. The maximum atomic E-state index is 12.0. The molecule has 0 atom stereocenters. The highest BCUT2D eigenvalue weighted by Gasteiger charge is 2.27. The first-order valence-electron chi connectivity index (χ1n) is 5.70. The van der Waals surface area contributed by atoms with Gasteiger partial charge in [0.05, 0.1) is 0 Å². The van der Waals surface area contributed by atoms with E-state index in [2.05, 4.69) is 27.4 Å². The molecule has 0 saturated carbocycles. The highest BCUT2D eigenvalue weighted by molar-refractivity contribution is 5.91. The number of rotatable bonds is 2. The lowest BCUT2D eigenvalue weighted by atomic mass is 10.1. The molecule has 0 unspecified atom stereocenters. The molecule has 4 nitrogen and oxygen atoms in total. The normalized spacial score (nSPS) is 14.6. The summed E-state index contributed by atoms with van der Waals surface area (Å²) < 4.78 is 0. The average Bonchev–Trinajstić information content (AvgIpc) is 2.96. The van der Waals surface area contributed by atoms with E-state index in [0.29, 0.717) is 5.95 Å². The van der Waals surface area contributed by atoms with Gasteiger partial charge in [0.2, 0.25) is 11.9 Å². The third-order valence-corrected chi connectivity index (χ3v) is 3.16. The van der Waals surface area contributed by atoms with Gasteiger partial charge in [-0.15, -0.1) is 0 Å². The van der Waals surface area contributed by atoms with Crippen molar-refractivity contribution in [2.75, 3.05) is 5.32 Å². The Hall–Kier alpha value is -2.10. The first kappa shape index (κ1) is 10.1. The molecule has 0 fully saturated rings. The standard InChI is InChI=1S/C13H13N3O/c17-12(16-13-14-5-6-15-13)11-7-9-3-1-2-4-10(9)8-11/h1-6,11H,7-8H2,(H2,14,15,16,17). The summed E-state index contributed by atoms with van der Waals surface area (Å²) in [5.74, 6) is 0.583. The second-order valence-corrected chi connectivity index (χ2v) is 4.30. The summed E-state index contributed by atoms with van der Waals surface area (Å²) in [7, 11) is 0. The van der Waals surface area contributed by atoms with E-state index in [9.17, 15) is 4.79 Å². The van der Waals surface area contributed by atoms with Gasteiger partial charge in [0.1, 0.15) is 0 Å². The highest BCUT2D eigenvalue weighted by Crippen LogP contribution is 2.26. The second-order valence-electron chi connectivity index (χ2n) is 4.30. The number of imidazole rings is 1. The number of H-pyrrole nitrogens is 1. The molecule has 17 heavy (non-hydrogen) atoms. The molecule has 1 aliphatic carbocycles. The first-order valence-corrected chi connectivity index (χ1v) is 5.70. The Balaban J connectivity index is 1.70. The van der Waals surface area contributed by atoms with Crippen LogP contribution in [-0.2, 0) is 17.6 Å². The number of hydrogen-bond acceptors (Lipinski definition) is 2. The molecule has 0 spiro atoms. The minimum Gasteiger partial charge on any atom is -0.331 e. The van der Waals surface area contributed by atoms with Crippen LogP contribution in [-0.4, -0.2) is 15.9 Å². The van der Waals surface area contributed by atoms with E-state index < -0.39 is 0 Å². The van der Waals surface area contributed by atoms with E-state index in [0.717, 1.165) is 12.8 Å². The van der Waals surface area contributed by atoms with Crippen molar-refractivity contribution in [2.24, 2.45) is 5.92 Å². The Morgan fingerprint density at radius 1 is 1.29 bits per heavy atom. The fourth-order valence-electron chi connectivity index (χ4n) is 2.30. The van der Waals surface area contributed by atoms with Crippen LogP contribution in [0.25, 0.3) is 0 Å². The van der Waals surface area contributed by atoms with Crippen molar-refractivity contribution in [3.8, 4) is 0 Å². The molecule has 4 heteroatoms. The van der Waals surface area contributed by atoms with Gasteiger partial charge < -0.3 is 4.98 Å². The van der Waals surface area contributed by atoms with E-state index in [1.54, 1.807) is 12.4 Å². The maximum Gasteiger partial charge on any atom is 0.230 e. The summed E-state index contributed by atoms with van der Waals surface area (Å²) in [5, 5.41) is 2.79. The molecule has 0 saturated heterocycles. The van der Waals surface area contributed by atoms with Gasteiger partial charge in [0.25, 0.3) is 0 Å². The summed E-state index contributed by atoms with van der Waals surface area (Å²) in [6.07, 6.45) is 4.96. The summed E-state index contributed by atoms with van der Waals surface area (Å²) in [6.45, 7) is 0. The van der Waals surface area contributed by atoms with Crippen LogP contribution in [0.15, 0.2) is 36.7 Å². The van der Waals surface area contributed by atoms with Gasteiger partial charge >= 0.3 is 0 Å². The topological polar surface area (TPSA) is 57.8 Å². The van der Waals surface area contributed by atoms with Crippen LogP contribution < -0.4 is 5.32 Å². The number of aromatic amines is 1. The second kappa shape index (κ2) is 4.05. The maximum absolute atomic E-state index is 12.0. The molecule has 1 aromatic carbocycles. The molecule has 0 aliphatic heterocycles. The zero-order chi connectivity index (χ0) is 11.7. The summed E-state index contributed by atoms with van der Waals surface area (Å²) in [5.41, 5.74) is 2.57. The fraction of sp³-hybridized carbons (Fsp3) is 0.231. The molecule has 1 heterocycles. The zero-order valence-corrected chi connectivity index (χ0v) is 9.31. The van der Waals surface area contributed by atoms with Crippen LogP contribution in [0.2, 0.25) is 0 Å². The van der Waals surface area contributed by atoms with Crippen LogP contribution in [0.5, 0.6) is 0 Å². The van der Waals surface area contributed by atoms with Crippen molar-refractivity contribution in [3.63, 3.8) is 0 Å². The van der Waals surface area contributed by atoms with Crippen LogP contribution in [0, 0.1) is 5.92 Å². The van der Waals surface area contributed by atoms with Crippen molar-refractivity contribution in [2.45, 2.75) is 12.8 Å². The largest absolute Gasteiger partial charge is 0.331 e. The van der Waals surface area contributed by atoms with E-state index in [1.165, 1.54) is 11.1 Å². The van der Waals surface area contributed by atoms with Gasteiger partial charge in [-0.2, -0.15) is 0 Å². The Kier molecular flexibility index (Phi) is 2.40. The third-order valence-electron chi connectivity index (χ3n) is 3.16. The van der Waals surface area contributed by atoms with Gasteiger partial charge in [0.15, 0.2) is 0 Å². The number of carbonyl (C=O) groups is 1. The molecular weight excluding hydrogens is 214 g/mol. The molecule has 2 aromatic rings. The minimum atomic E-state index is 0.0255. The van der Waals surface area contributed by atoms with E-state index in [4.69, 9.17) is 0 Å². The average molecular weight is 227 g/mol. The lowest BCUT2D eigenvalue weighted by molar-refractivity contribution is -0.119. The molecule has 0 radical (unpaired) electrons. The van der Waals surface area contributed by atoms with Crippen molar-refractivity contribution in [1.82, 2.24) is 9.97 Å². The summed E-state index contributed by atoms with van der Waals surface area (Å²) in [6, 6.07) is 8.22. The molecule has 1 aromatic heterocycles. The van der Waals surface area contributed by atoms with Crippen molar-refractivity contribution >= 4 is 11.9 Å². The number of benzene rings is 1. The van der Waals surface area contributed by atoms with Crippen LogP contribution in [0.4, 0.5) is 5.95 Å². The summed E-state index contributed by atoms with van der Waals surface area (Å²) in [4.78, 5) is 18.9. The number of fused-ring (bicyclic) bond motifs is 1. The van der Waals surface area contributed by atoms with Crippen LogP contribution >= 0.6 is 0 Å². The Morgan fingerprint density at radius 3 is 2.59 bits per heavy atom. The minimum absolute atomic E-state index is 0.0255. The SMILES string of the molecule is O=C(Nc1ncc[nH]1)C1Cc2ccccc2C1. The van der Waals surface area contributed by atoms with Crippen molar-refractivity contribution in [3.05, 3.63) is 47.8 Å². The lowest BCUT2D eigenvalue weighted by Gasteiger charge is -2.07. The number of hydrogen-bond donors (Lipinski definition) is 2. The van der Waals surface area contributed by atoms with Gasteiger partial charge in [0, 0.05) is 18.3 Å². The van der Waals surface area contributed by atoms with Gasteiger partial charge in [-0.3, -0.25) is 10.1 Å². The molecule has 3 rings (SSSR count). The number of amides is 1. The zero-order valence-electron chi connectivity index (χ0n) is 9.31. The fourth-order valence-corrected chi connectivity index (χ4v) is 2.30. The lowest BCUT2D eigenvalue weighted by Crippen LogP contribution is -2.23. The molecule has 0 bridgehead atoms. The third kappa shape index (κ3) is 1.93. The Bertz CT molecular complexity index is 508. The van der Waals surface area contributed by atoms with Crippen molar-refractivity contribution in [1.29, 1.82) is 0 Å². The molecule has 86 valence electrons. The predicted molar refractivity (Wildman–Crippen MR) is 64.6 cm³/mol. The Labute approximate surface area is 99.1 Å². The molecule has 1 amide bonds. The van der Waals surface area contributed by atoms with Gasteiger partial charge in [-0.25, -0.2) is 4.98 Å². The van der Waals surface area contributed by atoms with Crippen LogP contribution in [0.3, 0.4) is 0 Å².